The molecule has 0 aromatic heterocycles. The normalized spacial score (nSPS) is 11.1. The van der Waals surface area contributed by atoms with Crippen molar-refractivity contribution in [3.05, 3.63) is 66.7 Å². The Morgan fingerprint density at radius 3 is 2.52 bits per heavy atom. The van der Waals surface area contributed by atoms with Crippen LogP contribution in [0.15, 0.2) is 61.2 Å². The van der Waals surface area contributed by atoms with Gasteiger partial charge in [-0.3, -0.25) is 9.59 Å². The van der Waals surface area contributed by atoms with Gasteiger partial charge >= 0.3 is 0 Å². The number of carbonyl (C=O) groups excluding carboxylic acids is 2. The third kappa shape index (κ3) is 7.61. The zero-order valence-corrected chi connectivity index (χ0v) is 12.8. The minimum absolute atomic E-state index is 0.0495. The smallest absolute Gasteiger partial charge is 0.239 e. The van der Waals surface area contributed by atoms with E-state index in [0.29, 0.717) is 24.4 Å². The van der Waals surface area contributed by atoms with E-state index < -0.39 is 0 Å². The number of ether oxygens (including phenoxy) is 1. The van der Waals surface area contributed by atoms with Gasteiger partial charge < -0.3 is 15.4 Å². The van der Waals surface area contributed by atoms with Crippen LogP contribution in [0.1, 0.15) is 12.5 Å². The quantitative estimate of drug-likeness (QED) is 0.571. The average molecular weight is 318 g/mol. The van der Waals surface area contributed by atoms with Crippen LogP contribution in [0.25, 0.3) is 0 Å². The number of halogens is 1. The van der Waals surface area contributed by atoms with E-state index in [1.807, 2.05) is 0 Å². The van der Waals surface area contributed by atoms with E-state index in [2.05, 4.69) is 17.2 Å². The molecule has 0 bridgehead atoms. The molecule has 0 radical (unpaired) electrons. The Morgan fingerprint density at radius 2 is 1.96 bits per heavy atom. The first-order chi connectivity index (χ1) is 11.0. The zero-order valence-electron chi connectivity index (χ0n) is 12.8. The molecule has 0 aliphatic carbocycles. The number of carbonyl (C=O) groups is 2. The predicted octanol–water partition coefficient (Wildman–Crippen LogP) is 2.37. The van der Waals surface area contributed by atoms with Crippen LogP contribution in [0.5, 0.6) is 5.75 Å². The number of rotatable bonds is 8. The first kappa shape index (κ1) is 18.2. The minimum atomic E-state index is -0.268. The van der Waals surface area contributed by atoms with Gasteiger partial charge in [-0.25, -0.2) is 4.39 Å². The lowest BCUT2D eigenvalue weighted by atomic mass is 10.2. The molecule has 0 heterocycles. The van der Waals surface area contributed by atoms with Crippen molar-refractivity contribution in [1.82, 2.24) is 10.6 Å². The van der Waals surface area contributed by atoms with Crippen LogP contribution < -0.4 is 15.4 Å². The summed E-state index contributed by atoms with van der Waals surface area (Å²) in [6, 6.07) is 7.04. The van der Waals surface area contributed by atoms with Crippen molar-refractivity contribution in [3.8, 4) is 5.75 Å². The summed E-state index contributed by atoms with van der Waals surface area (Å²) >= 11 is 0. The molecule has 1 aromatic rings. The third-order valence-corrected chi connectivity index (χ3v) is 2.68. The summed E-state index contributed by atoms with van der Waals surface area (Å²) in [4.78, 5) is 22.2. The van der Waals surface area contributed by atoms with E-state index >= 15 is 0 Å². The molecule has 23 heavy (non-hydrogen) atoms. The van der Waals surface area contributed by atoms with Gasteiger partial charge in [-0.2, -0.15) is 0 Å². The molecule has 0 spiro atoms. The molecule has 5 nitrogen and oxygen atoms in total. The highest BCUT2D eigenvalue weighted by molar-refractivity contribution is 5.83. The van der Waals surface area contributed by atoms with Gasteiger partial charge in [-0.1, -0.05) is 18.7 Å². The van der Waals surface area contributed by atoms with Crippen LogP contribution in [-0.2, 0) is 16.1 Å². The molecule has 0 atom stereocenters. The number of benzene rings is 1. The van der Waals surface area contributed by atoms with Gasteiger partial charge in [0, 0.05) is 13.5 Å². The molecule has 2 N–H and O–H groups in total. The van der Waals surface area contributed by atoms with Gasteiger partial charge in [0.05, 0.1) is 12.9 Å². The van der Waals surface area contributed by atoms with Crippen LogP contribution >= 0.6 is 0 Å². The Kier molecular flexibility index (Phi) is 7.85. The van der Waals surface area contributed by atoms with Crippen LogP contribution in [0, 0.1) is 0 Å². The van der Waals surface area contributed by atoms with Crippen LogP contribution in [0.2, 0.25) is 0 Å². The van der Waals surface area contributed by atoms with Crippen molar-refractivity contribution in [3.63, 3.8) is 0 Å². The number of amides is 2. The first-order valence-electron chi connectivity index (χ1n) is 6.92. The Hall–Kier alpha value is -2.89. The molecule has 0 aliphatic heterocycles. The molecular formula is C17H19FN2O3. The number of allylic oxidation sites excluding steroid dienone is 3. The summed E-state index contributed by atoms with van der Waals surface area (Å²) in [5.41, 5.74) is 0.876. The summed E-state index contributed by atoms with van der Waals surface area (Å²) in [5, 5.41) is 5.10. The van der Waals surface area contributed by atoms with Gasteiger partial charge in [-0.15, -0.1) is 0 Å². The number of hydrogen-bond acceptors (Lipinski definition) is 3. The highest BCUT2D eigenvalue weighted by Crippen LogP contribution is 2.15. The standard InChI is InChI=1S/C17H19FN2O3/c1-3-15(5-4-10-18)23-16-8-6-14(7-9-16)11-20-17(22)12-19-13(2)21/h3-10H,1,11-12H2,2H3,(H,19,21)(H,20,22)/b10-4+,15-5+. The SMILES string of the molecule is C=C/C(=C\C=C\F)Oc1ccc(CNC(=O)CNC(C)=O)cc1. The van der Waals surface area contributed by atoms with Crippen LogP contribution in [0.3, 0.4) is 0 Å². The predicted molar refractivity (Wildman–Crippen MR) is 86.1 cm³/mol. The van der Waals surface area contributed by atoms with Crippen molar-refractivity contribution in [1.29, 1.82) is 0 Å². The topological polar surface area (TPSA) is 67.4 Å². The van der Waals surface area contributed by atoms with Gasteiger partial charge in [0.2, 0.25) is 11.8 Å². The Morgan fingerprint density at radius 1 is 1.26 bits per heavy atom. The lowest BCUT2D eigenvalue weighted by molar-refractivity contribution is -0.125. The van der Waals surface area contributed by atoms with Crippen molar-refractivity contribution in [2.24, 2.45) is 0 Å². The fourth-order valence-electron chi connectivity index (χ4n) is 1.55. The van der Waals surface area contributed by atoms with Crippen LogP contribution in [0.4, 0.5) is 4.39 Å². The van der Waals surface area contributed by atoms with Crippen molar-refractivity contribution >= 4 is 11.8 Å². The fraction of sp³-hybridized carbons (Fsp3) is 0.176. The maximum atomic E-state index is 12.0. The summed E-state index contributed by atoms with van der Waals surface area (Å²) in [7, 11) is 0. The summed E-state index contributed by atoms with van der Waals surface area (Å²) in [6.07, 6.45) is 4.52. The largest absolute Gasteiger partial charge is 0.457 e. The van der Waals surface area contributed by atoms with E-state index in [0.717, 1.165) is 5.56 Å². The average Bonchev–Trinajstić information content (AvgIpc) is 2.55. The third-order valence-electron chi connectivity index (χ3n) is 2.68. The molecule has 1 aromatic carbocycles. The Balaban J connectivity index is 2.51. The van der Waals surface area contributed by atoms with Gasteiger partial charge in [0.15, 0.2) is 0 Å². The van der Waals surface area contributed by atoms with Crippen molar-refractivity contribution < 1.29 is 18.7 Å². The zero-order chi connectivity index (χ0) is 17.1. The molecule has 6 heteroatoms. The van der Waals surface area contributed by atoms with Crippen molar-refractivity contribution in [2.75, 3.05) is 6.54 Å². The van der Waals surface area contributed by atoms with Crippen molar-refractivity contribution in [2.45, 2.75) is 13.5 Å². The minimum Gasteiger partial charge on any atom is -0.457 e. The highest BCUT2D eigenvalue weighted by atomic mass is 19.1. The Labute approximate surface area is 134 Å². The van der Waals surface area contributed by atoms with Gasteiger partial charge in [-0.05, 0) is 35.9 Å². The summed E-state index contributed by atoms with van der Waals surface area (Å²) in [5.74, 6) is 0.456. The molecule has 2 amide bonds. The summed E-state index contributed by atoms with van der Waals surface area (Å²) < 4.78 is 17.5. The molecular weight excluding hydrogens is 299 g/mol. The molecule has 0 aliphatic rings. The molecule has 122 valence electrons. The molecule has 0 fully saturated rings. The van der Waals surface area contributed by atoms with Crippen LogP contribution in [-0.4, -0.2) is 18.4 Å². The molecule has 0 saturated carbocycles. The number of nitrogens with one attached hydrogen (secondary N) is 2. The second-order valence-electron chi connectivity index (χ2n) is 4.52. The monoisotopic (exact) mass is 318 g/mol. The van der Waals surface area contributed by atoms with Gasteiger partial charge in [0.1, 0.15) is 11.5 Å². The lowest BCUT2D eigenvalue weighted by Gasteiger charge is -2.08. The van der Waals surface area contributed by atoms with Gasteiger partial charge in [0.25, 0.3) is 0 Å². The van der Waals surface area contributed by atoms with E-state index in [4.69, 9.17) is 4.74 Å². The Bertz CT molecular complexity index is 607. The lowest BCUT2D eigenvalue weighted by Crippen LogP contribution is -2.35. The fourth-order valence-corrected chi connectivity index (χ4v) is 1.55. The molecule has 0 unspecified atom stereocenters. The molecule has 0 saturated heterocycles. The summed E-state index contributed by atoms with van der Waals surface area (Å²) in [6.45, 7) is 5.22. The molecule has 1 rings (SSSR count). The van der Waals surface area contributed by atoms with E-state index in [1.54, 1.807) is 24.3 Å². The first-order valence-corrected chi connectivity index (χ1v) is 6.92. The van der Waals surface area contributed by atoms with E-state index in [1.165, 1.54) is 25.2 Å². The highest BCUT2D eigenvalue weighted by Gasteiger charge is 2.02. The second kappa shape index (κ2) is 9.94. The maximum absolute atomic E-state index is 12.0. The van der Waals surface area contributed by atoms with E-state index in [9.17, 15) is 14.0 Å². The number of hydrogen-bond donors (Lipinski definition) is 2. The second-order valence-corrected chi connectivity index (χ2v) is 4.52. The van der Waals surface area contributed by atoms with E-state index in [-0.39, 0.29) is 18.4 Å². The maximum Gasteiger partial charge on any atom is 0.239 e.